The summed E-state index contributed by atoms with van der Waals surface area (Å²) in [5.74, 6) is 1.81. The van der Waals surface area contributed by atoms with Crippen LogP contribution in [0.1, 0.15) is 25.8 Å². The molecular formula is C13H19N5. The Hall–Kier alpha value is -1.91. The van der Waals surface area contributed by atoms with Gasteiger partial charge in [0.05, 0.1) is 0 Å². The zero-order chi connectivity index (χ0) is 13.0. The van der Waals surface area contributed by atoms with Crippen LogP contribution in [0.3, 0.4) is 0 Å². The fraction of sp³-hybridized carbons (Fsp3) is 0.462. The monoisotopic (exact) mass is 245 g/mol. The maximum absolute atomic E-state index is 4.39. The summed E-state index contributed by atoms with van der Waals surface area (Å²) in [7, 11) is 1.98. The van der Waals surface area contributed by atoms with Crippen molar-refractivity contribution < 1.29 is 0 Å². The molecule has 1 N–H and O–H groups in total. The van der Waals surface area contributed by atoms with Crippen molar-refractivity contribution in [2.45, 2.75) is 26.7 Å². The van der Waals surface area contributed by atoms with Crippen molar-refractivity contribution in [1.29, 1.82) is 0 Å². The predicted molar refractivity (Wildman–Crippen MR) is 72.4 cm³/mol. The lowest BCUT2D eigenvalue weighted by atomic mass is 10.1. The van der Waals surface area contributed by atoms with Crippen molar-refractivity contribution in [2.24, 2.45) is 7.05 Å². The van der Waals surface area contributed by atoms with E-state index in [0.717, 1.165) is 42.3 Å². The van der Waals surface area contributed by atoms with E-state index >= 15 is 0 Å². The Labute approximate surface area is 107 Å². The molecule has 0 aliphatic rings. The van der Waals surface area contributed by atoms with Crippen LogP contribution in [-0.4, -0.2) is 26.1 Å². The lowest BCUT2D eigenvalue weighted by Gasteiger charge is -2.12. The number of rotatable bonds is 5. The van der Waals surface area contributed by atoms with E-state index in [0.29, 0.717) is 0 Å². The average molecular weight is 245 g/mol. The third-order valence-corrected chi connectivity index (χ3v) is 2.87. The quantitative estimate of drug-likeness (QED) is 0.878. The first-order valence-electron chi connectivity index (χ1n) is 6.33. The van der Waals surface area contributed by atoms with Gasteiger partial charge in [-0.3, -0.25) is 0 Å². The lowest BCUT2D eigenvalue weighted by molar-refractivity contribution is 0.901. The molecule has 0 saturated heterocycles. The Kier molecular flexibility index (Phi) is 3.92. The van der Waals surface area contributed by atoms with E-state index in [-0.39, 0.29) is 0 Å². The van der Waals surface area contributed by atoms with Crippen molar-refractivity contribution in [3.63, 3.8) is 0 Å². The van der Waals surface area contributed by atoms with Crippen LogP contribution in [-0.2, 0) is 13.5 Å². The second-order valence-electron chi connectivity index (χ2n) is 4.19. The average Bonchev–Trinajstić information content (AvgIpc) is 2.81. The van der Waals surface area contributed by atoms with Crippen LogP contribution in [0.5, 0.6) is 0 Å². The number of hydrogen-bond donors (Lipinski definition) is 1. The van der Waals surface area contributed by atoms with Gasteiger partial charge < -0.3 is 9.88 Å². The van der Waals surface area contributed by atoms with E-state index < -0.39 is 0 Å². The molecule has 0 bridgehead atoms. The first-order chi connectivity index (χ1) is 8.77. The van der Waals surface area contributed by atoms with Crippen LogP contribution >= 0.6 is 0 Å². The minimum atomic E-state index is 0.883. The summed E-state index contributed by atoms with van der Waals surface area (Å²) in [6.45, 7) is 5.17. The Morgan fingerprint density at radius 2 is 2.06 bits per heavy atom. The second kappa shape index (κ2) is 5.62. The van der Waals surface area contributed by atoms with Gasteiger partial charge in [-0.2, -0.15) is 0 Å². The molecular weight excluding hydrogens is 226 g/mol. The fourth-order valence-corrected chi connectivity index (χ4v) is 1.93. The molecule has 0 saturated carbocycles. The van der Waals surface area contributed by atoms with Gasteiger partial charge in [0.1, 0.15) is 17.8 Å². The maximum atomic E-state index is 4.39. The molecule has 0 spiro atoms. The number of imidazole rings is 1. The molecule has 0 radical (unpaired) electrons. The van der Waals surface area contributed by atoms with Crippen LogP contribution in [0.15, 0.2) is 18.7 Å². The zero-order valence-electron chi connectivity index (χ0n) is 11.1. The van der Waals surface area contributed by atoms with Crippen molar-refractivity contribution in [2.75, 3.05) is 11.9 Å². The second-order valence-corrected chi connectivity index (χ2v) is 4.19. The van der Waals surface area contributed by atoms with Crippen molar-refractivity contribution in [3.8, 4) is 11.5 Å². The lowest BCUT2D eigenvalue weighted by Crippen LogP contribution is -2.08. The molecule has 2 aromatic rings. The molecule has 2 rings (SSSR count). The van der Waals surface area contributed by atoms with Gasteiger partial charge in [-0.1, -0.05) is 13.8 Å². The molecule has 0 atom stereocenters. The highest BCUT2D eigenvalue weighted by atomic mass is 15.1. The Morgan fingerprint density at radius 1 is 1.22 bits per heavy atom. The largest absolute Gasteiger partial charge is 0.370 e. The van der Waals surface area contributed by atoms with E-state index in [1.54, 1.807) is 12.5 Å². The summed E-state index contributed by atoms with van der Waals surface area (Å²) in [5.41, 5.74) is 2.04. The highest BCUT2D eigenvalue weighted by molar-refractivity contribution is 5.63. The standard InChI is InChI=1S/C13H19N5/c1-4-6-14-12-10(5-2)11(16-9-17-12)13-15-7-8-18(13)3/h7-9H,4-6H2,1-3H3,(H,14,16,17). The summed E-state index contributed by atoms with van der Waals surface area (Å²) in [6.07, 6.45) is 7.27. The summed E-state index contributed by atoms with van der Waals surface area (Å²) in [6, 6.07) is 0. The number of aromatic nitrogens is 4. The first kappa shape index (κ1) is 12.5. The number of anilines is 1. The molecule has 2 heterocycles. The minimum absolute atomic E-state index is 0.883. The SMILES string of the molecule is CCCNc1ncnc(-c2nccn2C)c1CC. The van der Waals surface area contributed by atoms with Gasteiger partial charge in [0, 0.05) is 31.5 Å². The van der Waals surface area contributed by atoms with E-state index in [2.05, 4.69) is 34.1 Å². The highest BCUT2D eigenvalue weighted by Crippen LogP contribution is 2.24. The molecule has 0 aliphatic carbocycles. The van der Waals surface area contributed by atoms with E-state index in [4.69, 9.17) is 0 Å². The molecule has 5 heteroatoms. The molecule has 0 amide bonds. The van der Waals surface area contributed by atoms with Crippen LogP contribution in [0.4, 0.5) is 5.82 Å². The van der Waals surface area contributed by atoms with Crippen molar-refractivity contribution in [3.05, 3.63) is 24.3 Å². The normalized spacial score (nSPS) is 10.6. The third kappa shape index (κ3) is 2.34. The summed E-state index contributed by atoms with van der Waals surface area (Å²) < 4.78 is 1.98. The number of nitrogens with one attached hydrogen (secondary N) is 1. The van der Waals surface area contributed by atoms with Crippen LogP contribution < -0.4 is 5.32 Å². The van der Waals surface area contributed by atoms with Crippen molar-refractivity contribution >= 4 is 5.82 Å². The van der Waals surface area contributed by atoms with E-state index in [9.17, 15) is 0 Å². The molecule has 0 aliphatic heterocycles. The zero-order valence-corrected chi connectivity index (χ0v) is 11.1. The van der Waals surface area contributed by atoms with Crippen molar-refractivity contribution in [1.82, 2.24) is 19.5 Å². The molecule has 0 fully saturated rings. The van der Waals surface area contributed by atoms with Crippen LogP contribution in [0, 0.1) is 0 Å². The Balaban J connectivity index is 2.45. The molecule has 2 aromatic heterocycles. The predicted octanol–water partition coefficient (Wildman–Crippen LogP) is 2.26. The fourth-order valence-electron chi connectivity index (χ4n) is 1.93. The van der Waals surface area contributed by atoms with E-state index in [1.165, 1.54) is 0 Å². The van der Waals surface area contributed by atoms with Gasteiger partial charge in [0.2, 0.25) is 0 Å². The third-order valence-electron chi connectivity index (χ3n) is 2.87. The summed E-state index contributed by atoms with van der Waals surface area (Å²) >= 11 is 0. The topological polar surface area (TPSA) is 55.6 Å². The molecule has 18 heavy (non-hydrogen) atoms. The van der Waals surface area contributed by atoms with Gasteiger partial charge in [-0.05, 0) is 12.8 Å². The molecule has 96 valence electrons. The Bertz CT molecular complexity index is 518. The number of hydrogen-bond acceptors (Lipinski definition) is 4. The van der Waals surface area contributed by atoms with Gasteiger partial charge in [-0.25, -0.2) is 15.0 Å². The van der Waals surface area contributed by atoms with Gasteiger partial charge in [-0.15, -0.1) is 0 Å². The maximum Gasteiger partial charge on any atom is 0.158 e. The smallest absolute Gasteiger partial charge is 0.158 e. The van der Waals surface area contributed by atoms with Gasteiger partial charge >= 0.3 is 0 Å². The highest BCUT2D eigenvalue weighted by Gasteiger charge is 2.14. The minimum Gasteiger partial charge on any atom is -0.370 e. The van der Waals surface area contributed by atoms with Gasteiger partial charge in [0.25, 0.3) is 0 Å². The van der Waals surface area contributed by atoms with Gasteiger partial charge in [0.15, 0.2) is 5.82 Å². The molecule has 0 unspecified atom stereocenters. The molecule has 0 aromatic carbocycles. The Morgan fingerprint density at radius 3 is 2.67 bits per heavy atom. The summed E-state index contributed by atoms with van der Waals surface area (Å²) in [5, 5.41) is 3.35. The molecule has 5 nitrogen and oxygen atoms in total. The summed E-state index contributed by atoms with van der Waals surface area (Å²) in [4.78, 5) is 13.1. The van der Waals surface area contributed by atoms with E-state index in [1.807, 2.05) is 17.8 Å². The number of nitrogens with zero attached hydrogens (tertiary/aromatic N) is 4. The van der Waals surface area contributed by atoms with Crippen LogP contribution in [0.2, 0.25) is 0 Å². The first-order valence-corrected chi connectivity index (χ1v) is 6.33. The number of aryl methyl sites for hydroxylation is 1. The van der Waals surface area contributed by atoms with Crippen LogP contribution in [0.25, 0.3) is 11.5 Å².